The first-order valence-corrected chi connectivity index (χ1v) is 5.17. The summed E-state index contributed by atoms with van der Waals surface area (Å²) in [4.78, 5) is 0. The molecule has 0 amide bonds. The molecule has 1 heteroatoms. The van der Waals surface area contributed by atoms with Gasteiger partial charge in [-0.1, -0.05) is 42.8 Å². The third-order valence-electron chi connectivity index (χ3n) is 2.44. The molecule has 0 radical (unpaired) electrons. The van der Waals surface area contributed by atoms with Crippen LogP contribution in [0.2, 0.25) is 0 Å². The van der Waals surface area contributed by atoms with Crippen LogP contribution in [0.25, 0.3) is 0 Å². The maximum absolute atomic E-state index is 8.70. The molecule has 1 rings (SSSR count). The Hall–Kier alpha value is -1.08. The maximum Gasteiger partial charge on any atom is 0.0431 e. The Balaban J connectivity index is 2.50. The largest absolute Gasteiger partial charge is 0.396 e. The van der Waals surface area contributed by atoms with E-state index in [4.69, 9.17) is 5.11 Å². The van der Waals surface area contributed by atoms with Crippen molar-refractivity contribution in [3.63, 3.8) is 0 Å². The van der Waals surface area contributed by atoms with Crippen LogP contribution in [0.5, 0.6) is 0 Å². The molecule has 1 aromatic carbocycles. The Morgan fingerprint density at radius 1 is 1.21 bits per heavy atom. The van der Waals surface area contributed by atoms with E-state index in [1.165, 1.54) is 5.56 Å². The van der Waals surface area contributed by atoms with Gasteiger partial charge < -0.3 is 5.11 Å². The highest BCUT2D eigenvalue weighted by molar-refractivity contribution is 5.22. The van der Waals surface area contributed by atoms with Gasteiger partial charge in [-0.15, -0.1) is 6.58 Å². The smallest absolute Gasteiger partial charge is 0.0431 e. The molecule has 0 aromatic heterocycles. The van der Waals surface area contributed by atoms with Crippen LogP contribution in [0.3, 0.4) is 0 Å². The predicted octanol–water partition coefficient (Wildman–Crippen LogP) is 3.12. The van der Waals surface area contributed by atoms with Gasteiger partial charge in [0.1, 0.15) is 0 Å². The first-order valence-electron chi connectivity index (χ1n) is 5.17. The molecule has 14 heavy (non-hydrogen) atoms. The van der Waals surface area contributed by atoms with Crippen LogP contribution in [-0.4, -0.2) is 11.7 Å². The lowest BCUT2D eigenvalue weighted by molar-refractivity contribution is 0.282. The number of aliphatic hydroxyl groups is 1. The van der Waals surface area contributed by atoms with E-state index >= 15 is 0 Å². The van der Waals surface area contributed by atoms with Crippen LogP contribution in [0.4, 0.5) is 0 Å². The Labute approximate surface area is 86.1 Å². The van der Waals surface area contributed by atoms with Crippen LogP contribution in [0, 0.1) is 0 Å². The van der Waals surface area contributed by atoms with Crippen molar-refractivity contribution in [3.8, 4) is 0 Å². The highest BCUT2D eigenvalue weighted by atomic mass is 16.2. The lowest BCUT2D eigenvalue weighted by Gasteiger charge is -2.11. The Bertz CT molecular complexity index is 253. The molecule has 0 bridgehead atoms. The summed E-state index contributed by atoms with van der Waals surface area (Å²) in [6.45, 7) is 4.14. The molecule has 1 nitrogen and oxygen atoms in total. The second kappa shape index (κ2) is 6.39. The molecule has 1 aromatic rings. The van der Waals surface area contributed by atoms with Gasteiger partial charge in [-0.2, -0.15) is 0 Å². The Morgan fingerprint density at radius 2 is 1.93 bits per heavy atom. The summed E-state index contributed by atoms with van der Waals surface area (Å²) in [6.07, 6.45) is 5.01. The second-order valence-electron chi connectivity index (χ2n) is 3.47. The van der Waals surface area contributed by atoms with E-state index < -0.39 is 0 Å². The monoisotopic (exact) mass is 190 g/mol. The highest BCUT2D eigenvalue weighted by Crippen LogP contribution is 2.22. The van der Waals surface area contributed by atoms with Crippen LogP contribution < -0.4 is 0 Å². The molecule has 0 unspecified atom stereocenters. The normalized spacial score (nSPS) is 12.4. The molecule has 0 saturated carbocycles. The van der Waals surface area contributed by atoms with Crippen LogP contribution in [-0.2, 0) is 0 Å². The van der Waals surface area contributed by atoms with Crippen LogP contribution >= 0.6 is 0 Å². The average Bonchev–Trinajstić information content (AvgIpc) is 2.26. The fraction of sp³-hybridized carbons (Fsp3) is 0.385. The van der Waals surface area contributed by atoms with Gasteiger partial charge in [0.25, 0.3) is 0 Å². The fourth-order valence-electron chi connectivity index (χ4n) is 1.60. The average molecular weight is 190 g/mol. The fourth-order valence-corrected chi connectivity index (χ4v) is 1.60. The number of benzene rings is 1. The third-order valence-corrected chi connectivity index (χ3v) is 2.44. The summed E-state index contributed by atoms with van der Waals surface area (Å²) in [5, 5.41) is 8.70. The van der Waals surface area contributed by atoms with E-state index in [2.05, 4.69) is 30.8 Å². The molecule has 0 saturated heterocycles. The molecule has 0 aliphatic heterocycles. The first-order chi connectivity index (χ1) is 6.88. The van der Waals surface area contributed by atoms with Crippen molar-refractivity contribution in [1.29, 1.82) is 0 Å². The molecule has 0 aliphatic rings. The Morgan fingerprint density at radius 3 is 2.50 bits per heavy atom. The number of rotatable bonds is 6. The summed E-state index contributed by atoms with van der Waals surface area (Å²) in [5.41, 5.74) is 1.32. The quantitative estimate of drug-likeness (QED) is 0.540. The van der Waals surface area contributed by atoms with Crippen LogP contribution in [0.1, 0.15) is 30.7 Å². The summed E-state index contributed by atoms with van der Waals surface area (Å²) < 4.78 is 0. The molecule has 0 spiro atoms. The molecule has 1 atom stereocenters. The van der Waals surface area contributed by atoms with Crippen molar-refractivity contribution >= 4 is 0 Å². The van der Waals surface area contributed by atoms with Gasteiger partial charge >= 0.3 is 0 Å². The molecule has 1 N–H and O–H groups in total. The SMILES string of the molecule is C=C[C@H](CCCCO)c1ccccc1. The number of aliphatic hydroxyl groups excluding tert-OH is 1. The molecular weight excluding hydrogens is 172 g/mol. The number of hydrogen-bond donors (Lipinski definition) is 1. The predicted molar refractivity (Wildman–Crippen MR) is 60.3 cm³/mol. The van der Waals surface area contributed by atoms with Crippen molar-refractivity contribution in [2.24, 2.45) is 0 Å². The van der Waals surface area contributed by atoms with E-state index in [0.717, 1.165) is 19.3 Å². The molecular formula is C13H18O. The van der Waals surface area contributed by atoms with Crippen molar-refractivity contribution in [3.05, 3.63) is 48.6 Å². The first kappa shape index (κ1) is 11.0. The van der Waals surface area contributed by atoms with Gasteiger partial charge in [0.15, 0.2) is 0 Å². The zero-order valence-corrected chi connectivity index (χ0v) is 8.52. The summed E-state index contributed by atoms with van der Waals surface area (Å²) in [7, 11) is 0. The van der Waals surface area contributed by atoms with Crippen molar-refractivity contribution in [1.82, 2.24) is 0 Å². The standard InChI is InChI=1S/C13H18O/c1-2-12(8-6-7-11-14)13-9-4-3-5-10-13/h2-5,9-10,12,14H,1,6-8,11H2/t12-/m1/s1. The lowest BCUT2D eigenvalue weighted by Crippen LogP contribution is -1.95. The van der Waals surface area contributed by atoms with Gasteiger partial charge in [0.05, 0.1) is 0 Å². The number of hydrogen-bond acceptors (Lipinski definition) is 1. The highest BCUT2D eigenvalue weighted by Gasteiger charge is 2.05. The Kier molecular flexibility index (Phi) is 5.02. The van der Waals surface area contributed by atoms with E-state index in [1.54, 1.807) is 0 Å². The molecule has 0 aliphatic carbocycles. The lowest BCUT2D eigenvalue weighted by atomic mass is 9.94. The van der Waals surface area contributed by atoms with Gasteiger partial charge in [0.2, 0.25) is 0 Å². The molecule has 76 valence electrons. The number of allylic oxidation sites excluding steroid dienone is 1. The zero-order chi connectivity index (χ0) is 10.2. The van der Waals surface area contributed by atoms with Crippen molar-refractivity contribution < 1.29 is 5.11 Å². The van der Waals surface area contributed by atoms with Gasteiger partial charge in [-0.05, 0) is 18.4 Å². The summed E-state index contributed by atoms with van der Waals surface area (Å²) in [6, 6.07) is 10.4. The van der Waals surface area contributed by atoms with Crippen molar-refractivity contribution in [2.75, 3.05) is 6.61 Å². The maximum atomic E-state index is 8.70. The summed E-state index contributed by atoms with van der Waals surface area (Å²) in [5.74, 6) is 0.433. The molecule has 0 heterocycles. The van der Waals surface area contributed by atoms with Gasteiger partial charge in [-0.3, -0.25) is 0 Å². The van der Waals surface area contributed by atoms with E-state index in [0.29, 0.717) is 12.5 Å². The van der Waals surface area contributed by atoms with Gasteiger partial charge in [0, 0.05) is 12.5 Å². The number of unbranched alkanes of at least 4 members (excludes halogenated alkanes) is 1. The second-order valence-corrected chi connectivity index (χ2v) is 3.47. The van der Waals surface area contributed by atoms with E-state index in [1.807, 2.05) is 12.1 Å². The summed E-state index contributed by atoms with van der Waals surface area (Å²) >= 11 is 0. The zero-order valence-electron chi connectivity index (χ0n) is 8.52. The minimum absolute atomic E-state index is 0.290. The third kappa shape index (κ3) is 3.35. The van der Waals surface area contributed by atoms with E-state index in [9.17, 15) is 0 Å². The van der Waals surface area contributed by atoms with Crippen LogP contribution in [0.15, 0.2) is 43.0 Å². The van der Waals surface area contributed by atoms with Crippen molar-refractivity contribution in [2.45, 2.75) is 25.2 Å². The minimum atomic E-state index is 0.290. The molecule has 0 fully saturated rings. The van der Waals surface area contributed by atoms with Gasteiger partial charge in [-0.25, -0.2) is 0 Å². The van der Waals surface area contributed by atoms with E-state index in [-0.39, 0.29) is 0 Å². The topological polar surface area (TPSA) is 20.2 Å². The minimum Gasteiger partial charge on any atom is -0.396 e.